The summed E-state index contributed by atoms with van der Waals surface area (Å²) < 4.78 is 0. The molecule has 0 radical (unpaired) electrons. The molecule has 0 rings (SSSR count). The van der Waals surface area contributed by atoms with E-state index in [9.17, 15) is 0 Å². The van der Waals surface area contributed by atoms with Crippen LogP contribution in [-0.4, -0.2) is 13.6 Å². The summed E-state index contributed by atoms with van der Waals surface area (Å²) in [4.78, 5) is 0. The SMILES string of the molecule is CCCCNC.N#CNC#N. The van der Waals surface area contributed by atoms with Crippen molar-refractivity contribution >= 4 is 0 Å². The van der Waals surface area contributed by atoms with E-state index in [0.717, 1.165) is 6.54 Å². The Kier molecular flexibility index (Phi) is 17.9. The Morgan fingerprint density at radius 3 is 1.91 bits per heavy atom. The lowest BCUT2D eigenvalue weighted by Gasteiger charge is -1.89. The van der Waals surface area contributed by atoms with Crippen LogP contribution in [0.25, 0.3) is 0 Å². The lowest BCUT2D eigenvalue weighted by molar-refractivity contribution is 0.711. The number of nitriles is 2. The van der Waals surface area contributed by atoms with Crippen LogP contribution in [0, 0.1) is 22.9 Å². The van der Waals surface area contributed by atoms with Gasteiger partial charge in [0, 0.05) is 0 Å². The van der Waals surface area contributed by atoms with Crippen molar-refractivity contribution in [2.24, 2.45) is 0 Å². The first-order valence-corrected chi connectivity index (χ1v) is 3.51. The summed E-state index contributed by atoms with van der Waals surface area (Å²) in [5.74, 6) is 0. The van der Waals surface area contributed by atoms with Gasteiger partial charge in [0.1, 0.15) is 0 Å². The van der Waals surface area contributed by atoms with Gasteiger partial charge in [-0.15, -0.1) is 0 Å². The minimum absolute atomic E-state index is 1.16. The molecule has 2 N–H and O–H groups in total. The predicted molar refractivity (Wildman–Crippen MR) is 43.2 cm³/mol. The Morgan fingerprint density at radius 1 is 1.27 bits per heavy atom. The second-order valence-electron chi connectivity index (χ2n) is 1.81. The molecule has 4 nitrogen and oxygen atoms in total. The summed E-state index contributed by atoms with van der Waals surface area (Å²) in [6, 6.07) is 0. The molecule has 0 unspecified atom stereocenters. The lowest BCUT2D eigenvalue weighted by Crippen LogP contribution is -2.06. The molecule has 0 spiro atoms. The first kappa shape index (κ1) is 12.4. The highest BCUT2D eigenvalue weighted by molar-refractivity contribution is 4.77. The molecule has 0 aliphatic heterocycles. The van der Waals surface area contributed by atoms with Crippen LogP contribution in [0.2, 0.25) is 0 Å². The summed E-state index contributed by atoms with van der Waals surface area (Å²) in [6.45, 7) is 3.36. The van der Waals surface area contributed by atoms with Crippen LogP contribution in [0.3, 0.4) is 0 Å². The molecule has 0 fully saturated rings. The molecular weight excluding hydrogens is 140 g/mol. The largest absolute Gasteiger partial charge is 0.320 e. The van der Waals surface area contributed by atoms with Gasteiger partial charge in [-0.25, -0.2) is 5.32 Å². The molecule has 0 aliphatic rings. The van der Waals surface area contributed by atoms with Gasteiger partial charge < -0.3 is 5.32 Å². The zero-order valence-electron chi connectivity index (χ0n) is 7.02. The maximum atomic E-state index is 7.48. The molecule has 0 amide bonds. The molecule has 0 aromatic rings. The van der Waals surface area contributed by atoms with Gasteiger partial charge in [-0.2, -0.15) is 10.5 Å². The highest BCUT2D eigenvalue weighted by Gasteiger charge is 1.73. The second kappa shape index (κ2) is 15.9. The fourth-order valence-corrected chi connectivity index (χ4v) is 0.379. The molecule has 11 heavy (non-hydrogen) atoms. The lowest BCUT2D eigenvalue weighted by atomic mass is 10.3. The Bertz CT molecular complexity index is 114. The van der Waals surface area contributed by atoms with E-state index in [-0.39, 0.29) is 0 Å². The molecule has 0 aromatic carbocycles. The number of hydrogen-bond acceptors (Lipinski definition) is 4. The van der Waals surface area contributed by atoms with Crippen molar-refractivity contribution in [1.82, 2.24) is 10.6 Å². The van der Waals surface area contributed by atoms with Gasteiger partial charge in [0.05, 0.1) is 0 Å². The van der Waals surface area contributed by atoms with Crippen LogP contribution in [0.5, 0.6) is 0 Å². The number of unbranched alkanes of at least 4 members (excludes halogenated alkanes) is 1. The third kappa shape index (κ3) is 28.4. The van der Waals surface area contributed by atoms with Crippen molar-refractivity contribution < 1.29 is 0 Å². The van der Waals surface area contributed by atoms with Crippen molar-refractivity contribution in [3.63, 3.8) is 0 Å². The molecule has 62 valence electrons. The fraction of sp³-hybridized carbons (Fsp3) is 0.714. The van der Waals surface area contributed by atoms with E-state index in [0.29, 0.717) is 0 Å². The van der Waals surface area contributed by atoms with E-state index in [4.69, 9.17) is 10.5 Å². The number of hydrogen-bond donors (Lipinski definition) is 2. The van der Waals surface area contributed by atoms with Crippen LogP contribution in [0.4, 0.5) is 0 Å². The average Bonchev–Trinajstić information content (AvgIpc) is 2.04. The third-order valence-corrected chi connectivity index (χ3v) is 0.892. The Hall–Kier alpha value is -1.26. The molecule has 0 heterocycles. The molecular formula is C7H14N4. The van der Waals surface area contributed by atoms with Crippen LogP contribution < -0.4 is 10.6 Å². The van der Waals surface area contributed by atoms with Crippen LogP contribution >= 0.6 is 0 Å². The Morgan fingerprint density at radius 2 is 1.82 bits per heavy atom. The predicted octanol–water partition coefficient (Wildman–Crippen LogP) is 0.544. The minimum Gasteiger partial charge on any atom is -0.320 e. The van der Waals surface area contributed by atoms with E-state index >= 15 is 0 Å². The summed E-state index contributed by atoms with van der Waals surface area (Å²) in [5.41, 5.74) is 0. The van der Waals surface area contributed by atoms with Gasteiger partial charge in [0.15, 0.2) is 12.4 Å². The van der Waals surface area contributed by atoms with Gasteiger partial charge in [0.25, 0.3) is 0 Å². The molecule has 0 saturated carbocycles. The first-order valence-electron chi connectivity index (χ1n) is 3.51. The van der Waals surface area contributed by atoms with E-state index in [2.05, 4.69) is 12.2 Å². The van der Waals surface area contributed by atoms with E-state index < -0.39 is 0 Å². The van der Waals surface area contributed by atoms with Gasteiger partial charge in [-0.1, -0.05) is 13.3 Å². The highest BCUT2D eigenvalue weighted by atomic mass is 14.8. The van der Waals surface area contributed by atoms with Crippen molar-refractivity contribution in [3.05, 3.63) is 0 Å². The minimum atomic E-state index is 1.16. The van der Waals surface area contributed by atoms with E-state index in [1.165, 1.54) is 25.2 Å². The van der Waals surface area contributed by atoms with Crippen molar-refractivity contribution in [1.29, 1.82) is 10.5 Å². The van der Waals surface area contributed by atoms with Gasteiger partial charge >= 0.3 is 0 Å². The van der Waals surface area contributed by atoms with Crippen molar-refractivity contribution in [2.45, 2.75) is 19.8 Å². The molecule has 0 atom stereocenters. The van der Waals surface area contributed by atoms with Gasteiger partial charge in [0.2, 0.25) is 0 Å². The summed E-state index contributed by atoms with van der Waals surface area (Å²) in [5, 5.41) is 19.8. The summed E-state index contributed by atoms with van der Waals surface area (Å²) >= 11 is 0. The normalized spacial score (nSPS) is 6.55. The van der Waals surface area contributed by atoms with E-state index in [1.54, 1.807) is 5.32 Å². The maximum Gasteiger partial charge on any atom is 0.190 e. The smallest absolute Gasteiger partial charge is 0.190 e. The number of nitrogens with zero attached hydrogens (tertiary/aromatic N) is 2. The van der Waals surface area contributed by atoms with Gasteiger partial charge in [-0.05, 0) is 20.0 Å². The number of nitrogens with one attached hydrogen (secondary N) is 2. The average molecular weight is 154 g/mol. The maximum absolute atomic E-state index is 7.48. The Labute approximate surface area is 67.8 Å². The third-order valence-electron chi connectivity index (χ3n) is 0.892. The van der Waals surface area contributed by atoms with Gasteiger partial charge in [-0.3, -0.25) is 0 Å². The zero-order chi connectivity index (χ0) is 8.95. The van der Waals surface area contributed by atoms with Crippen LogP contribution in [-0.2, 0) is 0 Å². The first-order chi connectivity index (χ1) is 5.33. The summed E-state index contributed by atoms with van der Waals surface area (Å²) in [6.07, 6.45) is 5.41. The molecule has 4 heteroatoms. The number of rotatable bonds is 3. The molecule has 0 bridgehead atoms. The quantitative estimate of drug-likeness (QED) is 0.353. The van der Waals surface area contributed by atoms with Crippen LogP contribution in [0.15, 0.2) is 0 Å². The second-order valence-corrected chi connectivity index (χ2v) is 1.81. The fourth-order valence-electron chi connectivity index (χ4n) is 0.379. The topological polar surface area (TPSA) is 71.6 Å². The molecule has 0 aliphatic carbocycles. The highest BCUT2D eigenvalue weighted by Crippen LogP contribution is 1.79. The zero-order valence-corrected chi connectivity index (χ0v) is 7.02. The molecule has 0 aromatic heterocycles. The standard InChI is InChI=1S/C5H13N.C2HN3/c1-3-4-5-6-2;3-1-5-2-4/h6H,3-5H2,1-2H3;5H. The van der Waals surface area contributed by atoms with Crippen LogP contribution in [0.1, 0.15) is 19.8 Å². The van der Waals surface area contributed by atoms with Crippen molar-refractivity contribution in [3.8, 4) is 12.4 Å². The Balaban J connectivity index is 0. The molecule has 0 saturated heterocycles. The summed E-state index contributed by atoms with van der Waals surface area (Å²) in [7, 11) is 1.98. The van der Waals surface area contributed by atoms with E-state index in [1.807, 2.05) is 7.05 Å². The van der Waals surface area contributed by atoms with Crippen molar-refractivity contribution in [2.75, 3.05) is 13.6 Å². The monoisotopic (exact) mass is 154 g/mol.